The molecule has 3 unspecified atom stereocenters. The fourth-order valence-electron chi connectivity index (χ4n) is 4.93. The molecule has 5 N–H and O–H groups in total. The van der Waals surface area contributed by atoms with Crippen molar-refractivity contribution in [3.8, 4) is 0 Å². The van der Waals surface area contributed by atoms with Crippen LogP contribution in [0.3, 0.4) is 0 Å². The number of hydrogen-bond donors (Lipinski definition) is 5. The molecule has 0 heterocycles. The molecular formula is C39H50F2N4O8. The monoisotopic (exact) mass is 740 g/mol. The van der Waals surface area contributed by atoms with Gasteiger partial charge in [-0.2, -0.15) is 0 Å². The second-order valence-electron chi connectivity index (χ2n) is 14.4. The lowest BCUT2D eigenvalue weighted by molar-refractivity contribution is -0.132. The number of hydrogen-bond acceptors (Lipinski definition) is 8. The van der Waals surface area contributed by atoms with Crippen molar-refractivity contribution < 1.29 is 47.3 Å². The van der Waals surface area contributed by atoms with E-state index in [1.54, 1.807) is 58.9 Å². The van der Waals surface area contributed by atoms with E-state index in [4.69, 9.17) is 14.2 Å². The maximum absolute atomic E-state index is 14.5. The van der Waals surface area contributed by atoms with Crippen LogP contribution in [0.1, 0.15) is 57.7 Å². The van der Waals surface area contributed by atoms with Crippen LogP contribution in [-0.4, -0.2) is 72.6 Å². The van der Waals surface area contributed by atoms with Crippen LogP contribution >= 0.6 is 0 Å². The first kappa shape index (κ1) is 42.3. The minimum absolute atomic E-state index is 0.00912. The highest BCUT2D eigenvalue weighted by molar-refractivity contribution is 5.82. The van der Waals surface area contributed by atoms with E-state index in [0.717, 1.165) is 29.3 Å². The minimum Gasteiger partial charge on any atom is -0.445 e. The van der Waals surface area contributed by atoms with E-state index in [-0.39, 0.29) is 51.3 Å². The molecule has 3 atom stereocenters. The van der Waals surface area contributed by atoms with Crippen molar-refractivity contribution in [2.24, 2.45) is 5.41 Å². The van der Waals surface area contributed by atoms with Crippen LogP contribution in [0.2, 0.25) is 0 Å². The highest BCUT2D eigenvalue weighted by Crippen LogP contribution is 2.16. The predicted molar refractivity (Wildman–Crippen MR) is 193 cm³/mol. The number of nitrogens with one attached hydrogen (secondary N) is 4. The normalized spacial score (nSPS) is 13.2. The van der Waals surface area contributed by atoms with Gasteiger partial charge in [-0.15, -0.1) is 0 Å². The lowest BCUT2D eigenvalue weighted by atomic mass is 9.93. The molecule has 0 aliphatic heterocycles. The Morgan fingerprint density at radius 3 is 2.00 bits per heavy atom. The van der Waals surface area contributed by atoms with Gasteiger partial charge in [-0.3, -0.25) is 9.59 Å². The number of halogens is 2. The fourth-order valence-corrected chi connectivity index (χ4v) is 4.93. The Morgan fingerprint density at radius 2 is 1.38 bits per heavy atom. The maximum atomic E-state index is 14.5. The van der Waals surface area contributed by atoms with E-state index in [1.807, 2.05) is 36.4 Å². The smallest absolute Gasteiger partial charge is 0.408 e. The molecule has 14 heteroatoms. The molecule has 288 valence electrons. The van der Waals surface area contributed by atoms with Crippen molar-refractivity contribution in [3.63, 3.8) is 0 Å². The lowest BCUT2D eigenvalue weighted by Crippen LogP contribution is -2.55. The molecule has 53 heavy (non-hydrogen) atoms. The van der Waals surface area contributed by atoms with Crippen molar-refractivity contribution in [2.75, 3.05) is 19.7 Å². The summed E-state index contributed by atoms with van der Waals surface area (Å²) >= 11 is 0. The highest BCUT2D eigenvalue weighted by atomic mass is 19.1. The lowest BCUT2D eigenvalue weighted by Gasteiger charge is -2.29. The second kappa shape index (κ2) is 20.2. The van der Waals surface area contributed by atoms with Gasteiger partial charge in [0.25, 0.3) is 5.91 Å². The van der Waals surface area contributed by atoms with E-state index >= 15 is 0 Å². The van der Waals surface area contributed by atoms with E-state index in [9.17, 15) is 33.1 Å². The summed E-state index contributed by atoms with van der Waals surface area (Å²) in [5.74, 6) is -2.66. The molecule has 0 aromatic heterocycles. The molecule has 3 aromatic rings. The van der Waals surface area contributed by atoms with Gasteiger partial charge in [0.1, 0.15) is 23.8 Å². The Morgan fingerprint density at radius 1 is 0.774 bits per heavy atom. The largest absolute Gasteiger partial charge is 0.445 e. The van der Waals surface area contributed by atoms with E-state index in [2.05, 4.69) is 21.3 Å². The zero-order valence-corrected chi connectivity index (χ0v) is 30.7. The predicted octanol–water partition coefficient (Wildman–Crippen LogP) is 4.92. The van der Waals surface area contributed by atoms with Crippen molar-refractivity contribution >= 4 is 24.0 Å². The molecule has 0 fully saturated rings. The molecule has 0 saturated carbocycles. The number of rotatable bonds is 18. The van der Waals surface area contributed by atoms with Gasteiger partial charge in [-0.25, -0.2) is 18.4 Å². The van der Waals surface area contributed by atoms with Gasteiger partial charge in [-0.1, -0.05) is 74.5 Å². The number of aliphatic hydroxyl groups is 1. The molecule has 3 aromatic carbocycles. The summed E-state index contributed by atoms with van der Waals surface area (Å²) in [6.45, 7) is 8.58. The summed E-state index contributed by atoms with van der Waals surface area (Å²) in [6.07, 6.45) is -3.87. The Labute approximate surface area is 309 Å². The molecular weight excluding hydrogens is 690 g/mol. The van der Waals surface area contributed by atoms with E-state index in [0.29, 0.717) is 0 Å². The zero-order valence-electron chi connectivity index (χ0n) is 30.7. The Balaban J connectivity index is 1.57. The zero-order chi connectivity index (χ0) is 39.0. The number of benzene rings is 3. The van der Waals surface area contributed by atoms with Gasteiger partial charge in [0.2, 0.25) is 5.91 Å². The van der Waals surface area contributed by atoms with Crippen LogP contribution < -0.4 is 21.3 Å². The second-order valence-corrected chi connectivity index (χ2v) is 14.4. The Bertz CT molecular complexity index is 1640. The van der Waals surface area contributed by atoms with Gasteiger partial charge in [0.15, 0.2) is 6.10 Å². The van der Waals surface area contributed by atoms with Gasteiger partial charge >= 0.3 is 12.2 Å². The van der Waals surface area contributed by atoms with Crippen LogP contribution in [0.5, 0.6) is 0 Å². The number of carbonyl (C=O) groups is 4. The molecule has 4 amide bonds. The van der Waals surface area contributed by atoms with Crippen molar-refractivity contribution in [1.29, 1.82) is 0 Å². The molecule has 0 spiro atoms. The molecule has 0 bridgehead atoms. The molecule has 0 saturated heterocycles. The fraction of sp³-hybridized carbons (Fsp3) is 0.436. The van der Waals surface area contributed by atoms with Crippen molar-refractivity contribution in [3.05, 3.63) is 107 Å². The Kier molecular flexibility index (Phi) is 16.2. The molecule has 0 aliphatic rings. The molecule has 12 nitrogen and oxygen atoms in total. The number of alkyl carbamates (subject to hydrolysis) is 2. The van der Waals surface area contributed by atoms with Crippen LogP contribution in [0.25, 0.3) is 0 Å². The first-order valence-corrected chi connectivity index (χ1v) is 17.2. The van der Waals surface area contributed by atoms with Crippen LogP contribution in [0, 0.1) is 17.0 Å². The van der Waals surface area contributed by atoms with Gasteiger partial charge < -0.3 is 40.6 Å². The van der Waals surface area contributed by atoms with Crippen LogP contribution in [0.4, 0.5) is 18.4 Å². The van der Waals surface area contributed by atoms with E-state index < -0.39 is 64.8 Å². The highest BCUT2D eigenvalue weighted by Gasteiger charge is 2.31. The summed E-state index contributed by atoms with van der Waals surface area (Å²) in [5.41, 5.74) is 0.00430. The minimum atomic E-state index is -1.71. The molecule has 3 rings (SSSR count). The van der Waals surface area contributed by atoms with Crippen LogP contribution in [-0.2, 0) is 43.4 Å². The van der Waals surface area contributed by atoms with E-state index in [1.165, 1.54) is 0 Å². The first-order chi connectivity index (χ1) is 25.0. The first-order valence-electron chi connectivity index (χ1n) is 17.2. The number of carbonyl (C=O) groups excluding carboxylic acids is 4. The topological polar surface area (TPSA) is 164 Å². The number of aliphatic hydroxyl groups excluding tert-OH is 1. The number of amides is 4. The van der Waals surface area contributed by atoms with Crippen molar-refractivity contribution in [2.45, 2.75) is 84.5 Å². The Hall–Kier alpha value is -5.08. The third-order valence-corrected chi connectivity index (χ3v) is 7.71. The SMILES string of the molecule is CC(C)(CNC(=O)CC(Cc1cc(F)ccc1F)NC(=O)OCc1ccccc1)CNC(=O)C(O)C(COCc1ccccc1)NC(=O)OC(C)(C)C. The van der Waals surface area contributed by atoms with Gasteiger partial charge in [0, 0.05) is 25.6 Å². The van der Waals surface area contributed by atoms with Crippen molar-refractivity contribution in [1.82, 2.24) is 21.3 Å². The quantitative estimate of drug-likeness (QED) is 0.123. The number of ether oxygens (including phenoxy) is 3. The maximum Gasteiger partial charge on any atom is 0.408 e. The average Bonchev–Trinajstić information content (AvgIpc) is 3.10. The van der Waals surface area contributed by atoms with Gasteiger partial charge in [-0.05, 0) is 67.5 Å². The average molecular weight is 741 g/mol. The standard InChI is InChI=1S/C39H50F2N4O8/c1-38(2,3)53-37(50)45-32(23-51-21-26-12-8-6-9-13-26)34(47)35(48)43-25-39(4,5)24-42-33(46)20-30(19-28-18-29(40)16-17-31(28)41)44-36(49)52-22-27-14-10-7-11-15-27/h6-18,30,32,34,47H,19-25H2,1-5H3,(H,42,46)(H,43,48)(H,44,49)(H,45,50). The molecule has 0 aliphatic carbocycles. The van der Waals surface area contributed by atoms with Crippen LogP contribution in [0.15, 0.2) is 78.9 Å². The summed E-state index contributed by atoms with van der Waals surface area (Å²) in [7, 11) is 0. The summed E-state index contributed by atoms with van der Waals surface area (Å²) in [5, 5.41) is 21.4. The van der Waals surface area contributed by atoms with Gasteiger partial charge in [0.05, 0.1) is 19.3 Å². The summed E-state index contributed by atoms with van der Waals surface area (Å²) in [6, 6.07) is 19.0. The third-order valence-electron chi connectivity index (χ3n) is 7.71. The third kappa shape index (κ3) is 16.4. The molecule has 0 radical (unpaired) electrons. The summed E-state index contributed by atoms with van der Waals surface area (Å²) in [4.78, 5) is 51.3. The summed E-state index contributed by atoms with van der Waals surface area (Å²) < 4.78 is 44.7.